The van der Waals surface area contributed by atoms with Gasteiger partial charge in [0.1, 0.15) is 0 Å². The van der Waals surface area contributed by atoms with Gasteiger partial charge >= 0.3 is 0 Å². The molecule has 0 atom stereocenters. The van der Waals surface area contributed by atoms with Crippen LogP contribution in [0.3, 0.4) is 0 Å². The molecule has 0 aliphatic carbocycles. The third-order valence-corrected chi connectivity index (χ3v) is 5.27. The Balaban J connectivity index is 3.29. The molecule has 0 spiro atoms. The normalized spacial score (nSPS) is 11.5. The summed E-state index contributed by atoms with van der Waals surface area (Å²) in [5.74, 6) is 0.801. The maximum absolute atomic E-state index is 5.96. The van der Waals surface area contributed by atoms with Gasteiger partial charge in [-0.05, 0) is 25.3 Å². The molecule has 1 nitrogen and oxygen atoms in total. The van der Waals surface area contributed by atoms with Crippen LogP contribution in [0.1, 0.15) is 129 Å². The molecule has 0 aromatic rings. The van der Waals surface area contributed by atoms with E-state index in [1.807, 2.05) is 0 Å². The van der Waals surface area contributed by atoms with E-state index in [0.717, 1.165) is 12.5 Å². The van der Waals surface area contributed by atoms with Crippen molar-refractivity contribution in [1.82, 2.24) is 0 Å². The fourth-order valence-corrected chi connectivity index (χ4v) is 3.51. The first kappa shape index (κ1) is 23.0. The zero-order valence-electron chi connectivity index (χ0n) is 16.6. The van der Waals surface area contributed by atoms with Crippen molar-refractivity contribution in [3.63, 3.8) is 0 Å². The molecule has 0 rings (SSSR count). The van der Waals surface area contributed by atoms with Crippen LogP contribution in [0.5, 0.6) is 0 Å². The van der Waals surface area contributed by atoms with Crippen LogP contribution in [0.25, 0.3) is 0 Å². The lowest BCUT2D eigenvalue weighted by Crippen LogP contribution is -2.14. The molecule has 0 radical (unpaired) electrons. The van der Waals surface area contributed by atoms with Gasteiger partial charge in [-0.25, -0.2) is 0 Å². The zero-order valence-corrected chi connectivity index (χ0v) is 16.6. The summed E-state index contributed by atoms with van der Waals surface area (Å²) in [6.07, 6.45) is 25.6. The molecular weight excluding hydrogens is 278 g/mol. The Morgan fingerprint density at radius 3 is 1.09 bits per heavy atom. The van der Waals surface area contributed by atoms with Crippen LogP contribution in [0, 0.1) is 5.92 Å². The molecule has 1 heteroatoms. The zero-order chi connectivity index (χ0) is 17.0. The van der Waals surface area contributed by atoms with E-state index in [-0.39, 0.29) is 0 Å². The number of hydrogen-bond acceptors (Lipinski definition) is 1. The minimum atomic E-state index is 0.801. The molecule has 0 unspecified atom stereocenters. The second-order valence-electron chi connectivity index (χ2n) is 7.63. The molecule has 0 amide bonds. The summed E-state index contributed by atoms with van der Waals surface area (Å²) in [6.45, 7) is 5.49. The van der Waals surface area contributed by atoms with Gasteiger partial charge in [-0.1, -0.05) is 117 Å². The van der Waals surface area contributed by atoms with E-state index in [1.54, 1.807) is 0 Å². The van der Waals surface area contributed by atoms with E-state index in [2.05, 4.69) is 13.8 Å². The molecule has 0 bridgehead atoms. The Hall–Kier alpha value is -0.0400. The molecule has 0 aliphatic heterocycles. The van der Waals surface area contributed by atoms with Crippen molar-refractivity contribution in [1.29, 1.82) is 0 Å². The summed E-state index contributed by atoms with van der Waals surface area (Å²) in [5.41, 5.74) is 5.96. The second-order valence-corrected chi connectivity index (χ2v) is 7.63. The smallest absolute Gasteiger partial charge is 0.00489 e. The third-order valence-electron chi connectivity index (χ3n) is 5.27. The Labute approximate surface area is 148 Å². The third kappa shape index (κ3) is 18.1. The highest BCUT2D eigenvalue weighted by molar-refractivity contribution is 4.61. The average Bonchev–Trinajstić information content (AvgIpc) is 2.57. The van der Waals surface area contributed by atoms with Gasteiger partial charge in [-0.15, -0.1) is 0 Å². The molecule has 23 heavy (non-hydrogen) atoms. The quantitative estimate of drug-likeness (QED) is 0.243. The lowest BCUT2D eigenvalue weighted by atomic mass is 9.94. The highest BCUT2D eigenvalue weighted by atomic mass is 14.5. The first-order valence-corrected chi connectivity index (χ1v) is 11.0. The topological polar surface area (TPSA) is 26.0 Å². The fraction of sp³-hybridized carbons (Fsp3) is 1.00. The lowest BCUT2D eigenvalue weighted by Gasteiger charge is -2.14. The molecule has 0 fully saturated rings. The largest absolute Gasteiger partial charge is 0.330 e. The van der Waals surface area contributed by atoms with E-state index in [4.69, 9.17) is 5.73 Å². The van der Waals surface area contributed by atoms with Crippen LogP contribution < -0.4 is 5.73 Å². The Morgan fingerprint density at radius 1 is 0.478 bits per heavy atom. The molecule has 0 saturated heterocycles. The van der Waals surface area contributed by atoms with Gasteiger partial charge in [0, 0.05) is 0 Å². The van der Waals surface area contributed by atoms with Gasteiger partial charge < -0.3 is 5.73 Å². The molecule has 2 N–H and O–H groups in total. The molecule has 0 aromatic carbocycles. The Bertz CT molecular complexity index is 182. The first-order chi connectivity index (χ1) is 11.3. The summed E-state index contributed by atoms with van der Waals surface area (Å²) < 4.78 is 0. The predicted molar refractivity (Wildman–Crippen MR) is 107 cm³/mol. The molecule has 0 aromatic heterocycles. The Kier molecular flexibility index (Phi) is 20.0. The maximum Gasteiger partial charge on any atom is -0.00489 e. The van der Waals surface area contributed by atoms with Crippen molar-refractivity contribution in [2.24, 2.45) is 11.7 Å². The van der Waals surface area contributed by atoms with Gasteiger partial charge in [0.25, 0.3) is 0 Å². The number of rotatable bonds is 19. The molecule has 0 aliphatic rings. The SMILES string of the molecule is CCCCCCCCCCC(CN)CCCCCCCCCC. The number of hydrogen-bond donors (Lipinski definition) is 1. The van der Waals surface area contributed by atoms with Gasteiger partial charge in [-0.2, -0.15) is 0 Å². The summed E-state index contributed by atoms with van der Waals surface area (Å²) >= 11 is 0. The van der Waals surface area contributed by atoms with Crippen LogP contribution in [0.15, 0.2) is 0 Å². The van der Waals surface area contributed by atoms with Crippen LogP contribution in [-0.4, -0.2) is 6.54 Å². The van der Waals surface area contributed by atoms with Crippen molar-refractivity contribution >= 4 is 0 Å². The molecule has 0 heterocycles. The van der Waals surface area contributed by atoms with Gasteiger partial charge in [0.15, 0.2) is 0 Å². The van der Waals surface area contributed by atoms with Crippen LogP contribution in [0.4, 0.5) is 0 Å². The van der Waals surface area contributed by atoms with E-state index in [0.29, 0.717) is 0 Å². The van der Waals surface area contributed by atoms with Crippen LogP contribution in [0.2, 0.25) is 0 Å². The van der Waals surface area contributed by atoms with Gasteiger partial charge in [0.05, 0.1) is 0 Å². The van der Waals surface area contributed by atoms with Crippen LogP contribution in [-0.2, 0) is 0 Å². The fourth-order valence-electron chi connectivity index (χ4n) is 3.51. The Morgan fingerprint density at radius 2 is 0.783 bits per heavy atom. The minimum absolute atomic E-state index is 0.801. The maximum atomic E-state index is 5.96. The summed E-state index contributed by atoms with van der Waals surface area (Å²) in [4.78, 5) is 0. The highest BCUT2D eigenvalue weighted by Gasteiger charge is 2.06. The van der Waals surface area contributed by atoms with E-state index < -0.39 is 0 Å². The molecular formula is C22H47N. The van der Waals surface area contributed by atoms with Crippen molar-refractivity contribution in [3.8, 4) is 0 Å². The van der Waals surface area contributed by atoms with Crippen molar-refractivity contribution in [3.05, 3.63) is 0 Å². The van der Waals surface area contributed by atoms with Gasteiger partial charge in [-0.3, -0.25) is 0 Å². The van der Waals surface area contributed by atoms with Gasteiger partial charge in [0.2, 0.25) is 0 Å². The van der Waals surface area contributed by atoms with Crippen LogP contribution >= 0.6 is 0 Å². The molecule has 0 saturated carbocycles. The first-order valence-electron chi connectivity index (χ1n) is 11.0. The number of nitrogens with two attached hydrogens (primary N) is 1. The highest BCUT2D eigenvalue weighted by Crippen LogP contribution is 2.18. The summed E-state index contributed by atoms with van der Waals surface area (Å²) in [6, 6.07) is 0. The monoisotopic (exact) mass is 325 g/mol. The minimum Gasteiger partial charge on any atom is -0.330 e. The van der Waals surface area contributed by atoms with E-state index in [1.165, 1.54) is 116 Å². The lowest BCUT2D eigenvalue weighted by molar-refractivity contribution is 0.409. The summed E-state index contributed by atoms with van der Waals surface area (Å²) in [5, 5.41) is 0. The van der Waals surface area contributed by atoms with Crippen molar-refractivity contribution < 1.29 is 0 Å². The van der Waals surface area contributed by atoms with E-state index >= 15 is 0 Å². The second kappa shape index (κ2) is 20.0. The van der Waals surface area contributed by atoms with Crippen molar-refractivity contribution in [2.45, 2.75) is 129 Å². The predicted octanol–water partition coefficient (Wildman–Crippen LogP) is 7.62. The molecule has 140 valence electrons. The summed E-state index contributed by atoms with van der Waals surface area (Å²) in [7, 11) is 0. The van der Waals surface area contributed by atoms with Crippen molar-refractivity contribution in [2.75, 3.05) is 6.54 Å². The standard InChI is InChI=1S/C22H47N/c1-3-5-7-9-11-13-15-17-19-22(21-23)20-18-16-14-12-10-8-6-4-2/h22H,3-21,23H2,1-2H3. The van der Waals surface area contributed by atoms with E-state index in [9.17, 15) is 0 Å². The average molecular weight is 326 g/mol. The number of unbranched alkanes of at least 4 members (excludes halogenated alkanes) is 14.